The van der Waals surface area contributed by atoms with E-state index >= 15 is 0 Å². The molecule has 0 aliphatic rings. The van der Waals surface area contributed by atoms with Crippen LogP contribution in [0.4, 0.5) is 0 Å². The van der Waals surface area contributed by atoms with Crippen LogP contribution in [-0.2, 0) is 14.3 Å². The molecule has 19 heavy (non-hydrogen) atoms. The highest BCUT2D eigenvalue weighted by Crippen LogP contribution is 2.22. The van der Waals surface area contributed by atoms with Gasteiger partial charge in [-0.15, -0.1) is 22.9 Å². The zero-order chi connectivity index (χ0) is 14.1. The highest BCUT2D eigenvalue weighted by molar-refractivity contribution is 7.10. The van der Waals surface area contributed by atoms with Crippen LogP contribution in [0.15, 0.2) is 17.5 Å². The van der Waals surface area contributed by atoms with Crippen molar-refractivity contribution in [2.24, 2.45) is 0 Å². The van der Waals surface area contributed by atoms with Crippen LogP contribution in [-0.4, -0.2) is 24.9 Å². The van der Waals surface area contributed by atoms with Gasteiger partial charge in [-0.1, -0.05) is 6.07 Å². The van der Waals surface area contributed by atoms with Gasteiger partial charge in [0, 0.05) is 17.2 Å². The summed E-state index contributed by atoms with van der Waals surface area (Å²) in [6.07, 6.45) is 2.15. The van der Waals surface area contributed by atoms with E-state index in [9.17, 15) is 9.59 Å². The van der Waals surface area contributed by atoms with Crippen molar-refractivity contribution in [1.29, 1.82) is 0 Å². The van der Waals surface area contributed by atoms with Crippen molar-refractivity contribution in [3.05, 3.63) is 22.4 Å². The molecule has 0 fully saturated rings. The van der Waals surface area contributed by atoms with Crippen LogP contribution in [0, 0.1) is 0 Å². The van der Waals surface area contributed by atoms with Gasteiger partial charge in [0.15, 0.2) is 0 Å². The molecule has 0 saturated heterocycles. The molecule has 1 amide bonds. The molecule has 1 aromatic rings. The van der Waals surface area contributed by atoms with E-state index in [1.165, 1.54) is 18.4 Å². The molecule has 0 aliphatic heterocycles. The van der Waals surface area contributed by atoms with E-state index < -0.39 is 0 Å². The molecule has 1 heterocycles. The first-order valence-corrected chi connectivity index (χ1v) is 7.54. The third kappa shape index (κ3) is 6.07. The fraction of sp³-hybridized carbons (Fsp3) is 0.538. The number of rotatable bonds is 8. The Morgan fingerprint density at radius 1 is 1.47 bits per heavy atom. The van der Waals surface area contributed by atoms with Crippen molar-refractivity contribution in [3.8, 4) is 0 Å². The zero-order valence-electron chi connectivity index (χ0n) is 10.9. The predicted octanol–water partition coefficient (Wildman–Crippen LogP) is 2.88. The number of thiophene rings is 1. The number of halogens is 1. The van der Waals surface area contributed by atoms with E-state index in [2.05, 4.69) is 10.1 Å². The number of alkyl halides is 1. The Bertz CT molecular complexity index is 395. The Kier molecular flexibility index (Phi) is 7.52. The minimum Gasteiger partial charge on any atom is -0.469 e. The van der Waals surface area contributed by atoms with Crippen LogP contribution in [0.25, 0.3) is 0 Å². The summed E-state index contributed by atoms with van der Waals surface area (Å²) in [4.78, 5) is 24.1. The molecule has 1 aromatic heterocycles. The summed E-state index contributed by atoms with van der Waals surface area (Å²) in [5.74, 6) is 0.163. The summed E-state index contributed by atoms with van der Waals surface area (Å²) in [5.41, 5.74) is 0. The van der Waals surface area contributed by atoms with Gasteiger partial charge >= 0.3 is 5.97 Å². The van der Waals surface area contributed by atoms with Gasteiger partial charge in [0.2, 0.25) is 5.91 Å². The smallest absolute Gasteiger partial charge is 0.307 e. The van der Waals surface area contributed by atoms with Crippen molar-refractivity contribution in [1.82, 2.24) is 5.32 Å². The predicted molar refractivity (Wildman–Crippen MR) is 76.4 cm³/mol. The van der Waals surface area contributed by atoms with Gasteiger partial charge in [-0.2, -0.15) is 0 Å². The topological polar surface area (TPSA) is 55.4 Å². The lowest BCUT2D eigenvalue weighted by Gasteiger charge is -2.16. The van der Waals surface area contributed by atoms with Crippen molar-refractivity contribution in [3.63, 3.8) is 0 Å². The maximum absolute atomic E-state index is 11.8. The zero-order valence-corrected chi connectivity index (χ0v) is 12.4. The number of hydrogen-bond donors (Lipinski definition) is 1. The Morgan fingerprint density at radius 2 is 2.26 bits per heavy atom. The lowest BCUT2D eigenvalue weighted by molar-refractivity contribution is -0.141. The van der Waals surface area contributed by atoms with Gasteiger partial charge in [-0.25, -0.2) is 0 Å². The van der Waals surface area contributed by atoms with Crippen LogP contribution in [0.5, 0.6) is 0 Å². The second kappa shape index (κ2) is 8.93. The number of carbonyl (C=O) groups excluding carboxylic acids is 2. The highest BCUT2D eigenvalue weighted by atomic mass is 35.5. The molecule has 0 saturated carbocycles. The van der Waals surface area contributed by atoms with Crippen LogP contribution in [0.2, 0.25) is 0 Å². The molecule has 106 valence electrons. The summed E-state index contributed by atoms with van der Waals surface area (Å²) in [5, 5.41) is 4.79. The molecular formula is C13H18ClNO3S. The summed E-state index contributed by atoms with van der Waals surface area (Å²) >= 11 is 7.08. The van der Waals surface area contributed by atoms with Crippen LogP contribution < -0.4 is 5.32 Å². The Labute approximate surface area is 122 Å². The third-order valence-electron chi connectivity index (χ3n) is 2.61. The molecule has 4 nitrogen and oxygen atoms in total. The van der Waals surface area contributed by atoms with E-state index in [0.29, 0.717) is 12.3 Å². The molecule has 0 aromatic carbocycles. The maximum Gasteiger partial charge on any atom is 0.307 e. The molecule has 1 rings (SSSR count). The van der Waals surface area contributed by atoms with E-state index in [0.717, 1.165) is 17.7 Å². The first-order chi connectivity index (χ1) is 9.17. The molecule has 0 radical (unpaired) electrons. The van der Waals surface area contributed by atoms with Crippen LogP contribution >= 0.6 is 22.9 Å². The van der Waals surface area contributed by atoms with Gasteiger partial charge in [-0.05, 0) is 24.3 Å². The van der Waals surface area contributed by atoms with Crippen molar-refractivity contribution in [2.45, 2.75) is 31.7 Å². The number of unbranched alkanes of at least 4 members (excludes halogenated alkanes) is 1. The second-order valence-electron chi connectivity index (χ2n) is 4.06. The van der Waals surface area contributed by atoms with Crippen molar-refractivity contribution < 1.29 is 14.3 Å². The SMILES string of the molecule is COC(=O)CC(NC(=O)CCCCCl)c1cccs1. The van der Waals surface area contributed by atoms with Crippen molar-refractivity contribution >= 4 is 34.8 Å². The average molecular weight is 304 g/mol. The molecule has 0 bridgehead atoms. The normalized spacial score (nSPS) is 11.9. The summed E-state index contributed by atoms with van der Waals surface area (Å²) in [6, 6.07) is 3.48. The molecule has 6 heteroatoms. The molecule has 0 spiro atoms. The molecule has 1 N–H and O–H groups in total. The fourth-order valence-electron chi connectivity index (χ4n) is 1.61. The summed E-state index contributed by atoms with van der Waals surface area (Å²) in [6.45, 7) is 0. The van der Waals surface area contributed by atoms with E-state index in [-0.39, 0.29) is 24.3 Å². The van der Waals surface area contributed by atoms with Gasteiger partial charge in [0.25, 0.3) is 0 Å². The van der Waals surface area contributed by atoms with Crippen LogP contribution in [0.1, 0.15) is 36.6 Å². The number of methoxy groups -OCH3 is 1. The molecular weight excluding hydrogens is 286 g/mol. The lowest BCUT2D eigenvalue weighted by atomic mass is 10.1. The summed E-state index contributed by atoms with van der Waals surface area (Å²) in [7, 11) is 1.34. The van der Waals surface area contributed by atoms with E-state index in [1.54, 1.807) is 0 Å². The number of carbonyl (C=O) groups is 2. The number of ether oxygens (including phenoxy) is 1. The summed E-state index contributed by atoms with van der Waals surface area (Å²) < 4.78 is 4.66. The highest BCUT2D eigenvalue weighted by Gasteiger charge is 2.19. The molecule has 0 aliphatic carbocycles. The van der Waals surface area contributed by atoms with Crippen molar-refractivity contribution in [2.75, 3.05) is 13.0 Å². The van der Waals surface area contributed by atoms with Gasteiger partial charge < -0.3 is 10.1 Å². The Morgan fingerprint density at radius 3 is 2.84 bits per heavy atom. The van der Waals surface area contributed by atoms with Gasteiger partial charge in [0.05, 0.1) is 19.6 Å². The van der Waals surface area contributed by atoms with E-state index in [1.807, 2.05) is 17.5 Å². The first kappa shape index (κ1) is 16.0. The quantitative estimate of drug-likeness (QED) is 0.456. The minimum atomic E-state index is -0.334. The lowest BCUT2D eigenvalue weighted by Crippen LogP contribution is -2.29. The number of nitrogens with one attached hydrogen (secondary N) is 1. The standard InChI is InChI=1S/C13H18ClNO3S/c1-18-13(17)9-10(11-5-4-8-19-11)15-12(16)6-2-3-7-14/h4-5,8,10H,2-3,6-7,9H2,1H3,(H,15,16). The number of esters is 1. The second-order valence-corrected chi connectivity index (χ2v) is 5.42. The monoisotopic (exact) mass is 303 g/mol. The molecule has 1 unspecified atom stereocenters. The largest absolute Gasteiger partial charge is 0.469 e. The van der Waals surface area contributed by atoms with Crippen LogP contribution in [0.3, 0.4) is 0 Å². The Balaban J connectivity index is 2.54. The first-order valence-electron chi connectivity index (χ1n) is 6.13. The maximum atomic E-state index is 11.8. The molecule has 1 atom stereocenters. The van der Waals surface area contributed by atoms with E-state index in [4.69, 9.17) is 11.6 Å². The van der Waals surface area contributed by atoms with Gasteiger partial charge in [0.1, 0.15) is 0 Å². The van der Waals surface area contributed by atoms with Gasteiger partial charge in [-0.3, -0.25) is 9.59 Å². The minimum absolute atomic E-state index is 0.0626. The third-order valence-corrected chi connectivity index (χ3v) is 3.86. The fourth-order valence-corrected chi connectivity index (χ4v) is 2.58. The average Bonchev–Trinajstić information content (AvgIpc) is 2.92. The number of amides is 1. The Hall–Kier alpha value is -1.07. The number of hydrogen-bond acceptors (Lipinski definition) is 4.